The first-order chi connectivity index (χ1) is 11.1. The second-order valence-corrected chi connectivity index (χ2v) is 6.77. The number of Topliss-reactive ketones (excluding diaryl/α,β-unsaturated/α-hetero) is 1. The van der Waals surface area contributed by atoms with Crippen molar-refractivity contribution in [3.63, 3.8) is 0 Å². The first-order valence-corrected chi connectivity index (χ1v) is 8.76. The van der Waals surface area contributed by atoms with Crippen LogP contribution in [0.25, 0.3) is 0 Å². The molecule has 23 heavy (non-hydrogen) atoms. The van der Waals surface area contributed by atoms with E-state index in [1.165, 1.54) is 11.1 Å². The number of rotatable bonds is 4. The number of ketones is 1. The second kappa shape index (κ2) is 6.70. The van der Waals surface area contributed by atoms with Gasteiger partial charge < -0.3 is 9.47 Å². The fourth-order valence-electron chi connectivity index (χ4n) is 4.21. The van der Waals surface area contributed by atoms with E-state index in [1.807, 2.05) is 0 Å². The fraction of sp³-hybridized carbons (Fsp3) is 0.611. The van der Waals surface area contributed by atoms with Crippen LogP contribution >= 0.6 is 11.6 Å². The lowest BCUT2D eigenvalue weighted by Gasteiger charge is -2.50. The summed E-state index contributed by atoms with van der Waals surface area (Å²) in [5.41, 5.74) is 2.26. The summed E-state index contributed by atoms with van der Waals surface area (Å²) in [5, 5.41) is 0. The molecule has 0 N–H and O–H groups in total. The molecule has 0 saturated heterocycles. The summed E-state index contributed by atoms with van der Waals surface area (Å²) in [4.78, 5) is 14.7. The molecule has 1 saturated carbocycles. The number of carbonyl (C=O) groups excluding carboxylic acids is 1. The Morgan fingerprint density at radius 1 is 1.22 bits per heavy atom. The predicted octanol–water partition coefficient (Wildman–Crippen LogP) is 3.14. The molecule has 0 radical (unpaired) electrons. The van der Waals surface area contributed by atoms with E-state index in [0.717, 1.165) is 43.9 Å². The number of methoxy groups -OCH3 is 2. The number of alkyl halides is 1. The molecule has 1 aromatic rings. The molecule has 1 fully saturated rings. The third kappa shape index (κ3) is 2.83. The quantitative estimate of drug-likeness (QED) is 0.791. The van der Waals surface area contributed by atoms with Gasteiger partial charge in [0.25, 0.3) is 0 Å². The Labute approximate surface area is 142 Å². The Morgan fingerprint density at radius 2 is 1.96 bits per heavy atom. The molecule has 0 amide bonds. The number of ether oxygens (including phenoxy) is 2. The molecule has 1 aliphatic heterocycles. The van der Waals surface area contributed by atoms with Crippen LogP contribution < -0.4 is 9.47 Å². The van der Waals surface area contributed by atoms with Crippen LogP contribution in [0.4, 0.5) is 0 Å². The first-order valence-electron chi connectivity index (χ1n) is 8.22. The van der Waals surface area contributed by atoms with Crippen LogP contribution in [0.2, 0.25) is 0 Å². The lowest BCUT2D eigenvalue weighted by Crippen LogP contribution is -2.53. The number of halogens is 1. The molecule has 4 nitrogen and oxygen atoms in total. The van der Waals surface area contributed by atoms with Crippen LogP contribution in [0.15, 0.2) is 12.1 Å². The van der Waals surface area contributed by atoms with E-state index in [2.05, 4.69) is 17.0 Å². The summed E-state index contributed by atoms with van der Waals surface area (Å²) in [6.45, 7) is 1.74. The molecule has 126 valence electrons. The highest BCUT2D eigenvalue weighted by Crippen LogP contribution is 2.47. The zero-order chi connectivity index (χ0) is 16.4. The van der Waals surface area contributed by atoms with E-state index in [9.17, 15) is 4.79 Å². The second-order valence-electron chi connectivity index (χ2n) is 6.39. The Balaban J connectivity index is 2.12. The van der Waals surface area contributed by atoms with E-state index in [4.69, 9.17) is 21.1 Å². The van der Waals surface area contributed by atoms with Crippen molar-refractivity contribution in [1.29, 1.82) is 0 Å². The molecule has 1 heterocycles. The summed E-state index contributed by atoms with van der Waals surface area (Å²) in [6.07, 6.45) is 4.15. The molecule has 0 aromatic heterocycles. The molecule has 1 atom stereocenters. The summed E-state index contributed by atoms with van der Waals surface area (Å²) >= 11 is 6.04. The van der Waals surface area contributed by atoms with Crippen molar-refractivity contribution in [2.45, 2.75) is 37.6 Å². The highest BCUT2D eigenvalue weighted by Gasteiger charge is 2.45. The van der Waals surface area contributed by atoms with E-state index in [-0.39, 0.29) is 5.54 Å². The molecular weight excluding hydrogens is 314 g/mol. The molecule has 1 unspecified atom stereocenters. The van der Waals surface area contributed by atoms with Gasteiger partial charge in [-0.2, -0.15) is 0 Å². The lowest BCUT2D eigenvalue weighted by molar-refractivity contribution is -0.125. The van der Waals surface area contributed by atoms with Gasteiger partial charge in [-0.3, -0.25) is 9.69 Å². The van der Waals surface area contributed by atoms with Gasteiger partial charge in [-0.1, -0.05) is 0 Å². The molecular formula is C18H24ClNO3. The van der Waals surface area contributed by atoms with Gasteiger partial charge in [0.1, 0.15) is 5.78 Å². The highest BCUT2D eigenvalue weighted by atomic mass is 35.5. The van der Waals surface area contributed by atoms with Crippen LogP contribution in [-0.4, -0.2) is 43.9 Å². The van der Waals surface area contributed by atoms with Crippen molar-refractivity contribution < 1.29 is 14.3 Å². The Morgan fingerprint density at radius 3 is 2.61 bits per heavy atom. The molecule has 2 aliphatic rings. The van der Waals surface area contributed by atoms with Crippen LogP contribution in [0.3, 0.4) is 0 Å². The maximum Gasteiger partial charge on any atom is 0.161 e. The van der Waals surface area contributed by atoms with Crippen LogP contribution in [0.5, 0.6) is 11.5 Å². The summed E-state index contributed by atoms with van der Waals surface area (Å²) in [6, 6.07) is 4.15. The van der Waals surface area contributed by atoms with E-state index < -0.39 is 0 Å². The lowest BCUT2D eigenvalue weighted by atomic mass is 9.70. The van der Waals surface area contributed by atoms with Gasteiger partial charge in [-0.05, 0) is 42.5 Å². The number of hydrogen-bond acceptors (Lipinski definition) is 4. The summed E-state index contributed by atoms with van der Waals surface area (Å²) in [5.74, 6) is 2.42. The monoisotopic (exact) mass is 337 g/mol. The predicted molar refractivity (Wildman–Crippen MR) is 90.7 cm³/mol. The van der Waals surface area contributed by atoms with Gasteiger partial charge >= 0.3 is 0 Å². The van der Waals surface area contributed by atoms with Crippen molar-refractivity contribution in [3.8, 4) is 11.5 Å². The van der Waals surface area contributed by atoms with Crippen molar-refractivity contribution in [3.05, 3.63) is 23.3 Å². The normalized spacial score (nSPS) is 24.6. The molecule has 1 aliphatic carbocycles. The maximum atomic E-state index is 12.3. The fourth-order valence-corrected chi connectivity index (χ4v) is 4.41. The molecule has 3 rings (SSSR count). The Kier molecular flexibility index (Phi) is 4.83. The van der Waals surface area contributed by atoms with Gasteiger partial charge in [-0.25, -0.2) is 0 Å². The smallest absolute Gasteiger partial charge is 0.161 e. The summed E-state index contributed by atoms with van der Waals surface area (Å²) in [7, 11) is 3.31. The number of fused-ring (bicyclic) bond motifs is 2. The van der Waals surface area contributed by atoms with Crippen molar-refractivity contribution >= 4 is 17.4 Å². The van der Waals surface area contributed by atoms with Gasteiger partial charge in [0.2, 0.25) is 0 Å². The summed E-state index contributed by atoms with van der Waals surface area (Å²) < 4.78 is 11.0. The SMILES string of the molecule is COc1cc2c(cc1OC)C1(CCCC(=O)C1)N(CCCl)CC2. The third-order valence-electron chi connectivity index (χ3n) is 5.26. The van der Waals surface area contributed by atoms with Gasteiger partial charge in [0, 0.05) is 31.8 Å². The minimum absolute atomic E-state index is 0.225. The minimum Gasteiger partial charge on any atom is -0.493 e. The Hall–Kier alpha value is -1.26. The van der Waals surface area contributed by atoms with Gasteiger partial charge in [0.15, 0.2) is 11.5 Å². The molecule has 1 aromatic carbocycles. The molecule has 1 spiro atoms. The Bertz CT molecular complexity index is 604. The average Bonchev–Trinajstić information content (AvgIpc) is 2.57. The van der Waals surface area contributed by atoms with Crippen molar-refractivity contribution in [2.75, 3.05) is 33.2 Å². The topological polar surface area (TPSA) is 38.8 Å². The number of carbonyl (C=O) groups is 1. The zero-order valence-corrected chi connectivity index (χ0v) is 14.6. The first kappa shape index (κ1) is 16.6. The van der Waals surface area contributed by atoms with Crippen molar-refractivity contribution in [1.82, 2.24) is 4.90 Å². The standard InChI is InChI=1S/C18H24ClNO3/c1-22-16-10-13-5-8-20(9-7-19)18(6-3-4-14(21)12-18)15(13)11-17(16)23-2/h10-11H,3-9,12H2,1-2H3. The van der Waals surface area contributed by atoms with Crippen LogP contribution in [0.1, 0.15) is 36.8 Å². The third-order valence-corrected chi connectivity index (χ3v) is 5.43. The minimum atomic E-state index is -0.225. The van der Waals surface area contributed by atoms with E-state index >= 15 is 0 Å². The van der Waals surface area contributed by atoms with Crippen LogP contribution in [0, 0.1) is 0 Å². The number of benzene rings is 1. The zero-order valence-electron chi connectivity index (χ0n) is 13.9. The van der Waals surface area contributed by atoms with Gasteiger partial charge in [-0.15, -0.1) is 11.6 Å². The average molecular weight is 338 g/mol. The molecule has 5 heteroatoms. The number of nitrogens with zero attached hydrogens (tertiary/aromatic N) is 1. The van der Waals surface area contributed by atoms with E-state index in [1.54, 1.807) is 14.2 Å². The molecule has 0 bridgehead atoms. The van der Waals surface area contributed by atoms with Crippen molar-refractivity contribution in [2.24, 2.45) is 0 Å². The number of hydrogen-bond donors (Lipinski definition) is 0. The largest absolute Gasteiger partial charge is 0.493 e. The highest BCUT2D eigenvalue weighted by molar-refractivity contribution is 6.18. The van der Waals surface area contributed by atoms with E-state index in [0.29, 0.717) is 24.5 Å². The van der Waals surface area contributed by atoms with Gasteiger partial charge in [0.05, 0.1) is 19.8 Å². The maximum absolute atomic E-state index is 12.3. The van der Waals surface area contributed by atoms with Crippen LogP contribution in [-0.2, 0) is 16.8 Å².